The molecule has 0 fully saturated rings. The van der Waals surface area contributed by atoms with Crippen LogP contribution in [0.1, 0.15) is 6.42 Å². The van der Waals surface area contributed by atoms with Crippen LogP contribution in [0.15, 0.2) is 59.4 Å². The van der Waals surface area contributed by atoms with Crippen molar-refractivity contribution in [1.29, 1.82) is 0 Å². The van der Waals surface area contributed by atoms with Crippen molar-refractivity contribution in [3.05, 3.63) is 65.0 Å². The average Bonchev–Trinajstić information content (AvgIpc) is 2.68. The van der Waals surface area contributed by atoms with Crippen LogP contribution in [0.3, 0.4) is 0 Å². The molecule has 3 aromatic rings. The molecule has 0 saturated heterocycles. The monoisotopic (exact) mass is 351 g/mol. The van der Waals surface area contributed by atoms with E-state index < -0.39 is 0 Å². The predicted octanol–water partition coefficient (Wildman–Crippen LogP) is 1.43. The maximum absolute atomic E-state index is 12.3. The second kappa shape index (κ2) is 8.24. The highest BCUT2D eigenvalue weighted by Gasteiger charge is 2.08. The lowest BCUT2D eigenvalue weighted by Crippen LogP contribution is -2.34. The maximum Gasteiger partial charge on any atom is 0.277 e. The number of benzene rings is 2. The number of hydrogen-bond donors (Lipinski definition) is 1. The number of anilines is 1. The van der Waals surface area contributed by atoms with Crippen molar-refractivity contribution in [3.63, 3.8) is 0 Å². The molecule has 0 aliphatic heterocycles. The SMILES string of the molecule is CN(CCNC(=O)CCn1nnc2ccccc2c1=O)c1ccccc1. The highest BCUT2D eigenvalue weighted by atomic mass is 16.2. The van der Waals surface area contributed by atoms with Gasteiger partial charge in [0.2, 0.25) is 5.91 Å². The van der Waals surface area contributed by atoms with Crippen molar-refractivity contribution in [3.8, 4) is 0 Å². The molecule has 1 aromatic heterocycles. The van der Waals surface area contributed by atoms with Gasteiger partial charge in [0.25, 0.3) is 5.56 Å². The first kappa shape index (κ1) is 17.6. The van der Waals surface area contributed by atoms with Crippen molar-refractivity contribution in [1.82, 2.24) is 20.3 Å². The Morgan fingerprint density at radius 2 is 1.85 bits per heavy atom. The van der Waals surface area contributed by atoms with E-state index in [-0.39, 0.29) is 24.4 Å². The standard InChI is InChI=1S/C19H21N5O2/c1-23(15-7-3-2-4-8-15)14-12-20-18(25)11-13-24-19(26)16-9-5-6-10-17(16)21-22-24/h2-10H,11-14H2,1H3,(H,20,25). The van der Waals surface area contributed by atoms with Crippen LogP contribution in [0.2, 0.25) is 0 Å². The maximum atomic E-state index is 12.3. The predicted molar refractivity (Wildman–Crippen MR) is 101 cm³/mol. The molecule has 0 unspecified atom stereocenters. The molecule has 0 bridgehead atoms. The fraction of sp³-hybridized carbons (Fsp3) is 0.263. The lowest BCUT2D eigenvalue weighted by atomic mass is 10.2. The summed E-state index contributed by atoms with van der Waals surface area (Å²) >= 11 is 0. The summed E-state index contributed by atoms with van der Waals surface area (Å²) in [5.41, 5.74) is 1.43. The van der Waals surface area contributed by atoms with Crippen LogP contribution in [-0.4, -0.2) is 41.0 Å². The summed E-state index contributed by atoms with van der Waals surface area (Å²) < 4.78 is 1.23. The van der Waals surface area contributed by atoms with Crippen molar-refractivity contribution in [2.24, 2.45) is 0 Å². The Hall–Kier alpha value is -3.22. The van der Waals surface area contributed by atoms with Gasteiger partial charge < -0.3 is 10.2 Å². The summed E-state index contributed by atoms with van der Waals surface area (Å²) in [7, 11) is 1.98. The minimum absolute atomic E-state index is 0.117. The molecular weight excluding hydrogens is 330 g/mol. The second-order valence-corrected chi connectivity index (χ2v) is 5.99. The smallest absolute Gasteiger partial charge is 0.277 e. The minimum Gasteiger partial charge on any atom is -0.373 e. The van der Waals surface area contributed by atoms with E-state index in [0.29, 0.717) is 24.0 Å². The molecular formula is C19H21N5O2. The first-order valence-electron chi connectivity index (χ1n) is 8.50. The van der Waals surface area contributed by atoms with E-state index in [2.05, 4.69) is 20.5 Å². The molecule has 1 heterocycles. The van der Waals surface area contributed by atoms with Crippen LogP contribution < -0.4 is 15.8 Å². The molecule has 0 spiro atoms. The number of rotatable bonds is 7. The molecule has 0 aliphatic carbocycles. The van der Waals surface area contributed by atoms with Gasteiger partial charge in [0.1, 0.15) is 5.52 Å². The van der Waals surface area contributed by atoms with Crippen LogP contribution in [-0.2, 0) is 11.3 Å². The average molecular weight is 351 g/mol. The Bertz CT molecular complexity index is 939. The van der Waals surface area contributed by atoms with E-state index in [1.807, 2.05) is 37.4 Å². The van der Waals surface area contributed by atoms with Crippen molar-refractivity contribution in [2.75, 3.05) is 25.0 Å². The summed E-state index contributed by atoms with van der Waals surface area (Å²) in [5, 5.41) is 11.3. The number of aryl methyl sites for hydroxylation is 1. The molecule has 2 aromatic carbocycles. The van der Waals surface area contributed by atoms with E-state index in [1.54, 1.807) is 24.3 Å². The summed E-state index contributed by atoms with van der Waals surface area (Å²) in [4.78, 5) is 26.4. The molecule has 7 nitrogen and oxygen atoms in total. The van der Waals surface area contributed by atoms with Gasteiger partial charge >= 0.3 is 0 Å². The topological polar surface area (TPSA) is 80.1 Å². The number of nitrogens with one attached hydrogen (secondary N) is 1. The van der Waals surface area contributed by atoms with Crippen molar-refractivity contribution >= 4 is 22.5 Å². The molecule has 0 saturated carbocycles. The molecule has 7 heteroatoms. The summed E-state index contributed by atoms with van der Waals surface area (Å²) in [5.74, 6) is -0.117. The first-order valence-corrected chi connectivity index (χ1v) is 8.50. The van der Waals surface area contributed by atoms with Gasteiger partial charge in [0, 0.05) is 32.2 Å². The fourth-order valence-electron chi connectivity index (χ4n) is 2.64. The number of nitrogens with zero attached hydrogens (tertiary/aromatic N) is 4. The van der Waals surface area contributed by atoms with Gasteiger partial charge in [-0.05, 0) is 24.3 Å². The summed E-state index contributed by atoms with van der Waals surface area (Å²) in [6.45, 7) is 1.44. The van der Waals surface area contributed by atoms with Gasteiger partial charge in [-0.3, -0.25) is 9.59 Å². The highest BCUT2D eigenvalue weighted by Crippen LogP contribution is 2.09. The Labute approximate surface area is 151 Å². The quantitative estimate of drug-likeness (QED) is 0.697. The van der Waals surface area contributed by atoms with Gasteiger partial charge in [0.05, 0.1) is 11.9 Å². The van der Waals surface area contributed by atoms with Gasteiger partial charge in [-0.2, -0.15) is 0 Å². The number of amides is 1. The van der Waals surface area contributed by atoms with Crippen LogP contribution >= 0.6 is 0 Å². The van der Waals surface area contributed by atoms with E-state index >= 15 is 0 Å². The number of aromatic nitrogens is 3. The molecule has 0 radical (unpaired) electrons. The minimum atomic E-state index is -0.229. The molecule has 1 N–H and O–H groups in total. The van der Waals surface area contributed by atoms with Crippen molar-refractivity contribution < 1.29 is 4.79 Å². The van der Waals surface area contributed by atoms with Crippen LogP contribution in [0.4, 0.5) is 5.69 Å². The molecule has 134 valence electrons. The van der Waals surface area contributed by atoms with Gasteiger partial charge in [-0.1, -0.05) is 35.5 Å². The Morgan fingerprint density at radius 1 is 1.12 bits per heavy atom. The second-order valence-electron chi connectivity index (χ2n) is 5.99. The molecule has 0 aliphatic rings. The lowest BCUT2D eigenvalue weighted by Gasteiger charge is -2.19. The number of likely N-dealkylation sites (N-methyl/N-ethyl adjacent to an activating group) is 1. The number of carbonyl (C=O) groups excluding carboxylic acids is 1. The molecule has 0 atom stereocenters. The fourth-order valence-corrected chi connectivity index (χ4v) is 2.64. The van der Waals surface area contributed by atoms with Gasteiger partial charge in [0.15, 0.2) is 0 Å². The van der Waals surface area contributed by atoms with Crippen LogP contribution in [0.25, 0.3) is 10.9 Å². The van der Waals surface area contributed by atoms with Gasteiger partial charge in [-0.25, -0.2) is 4.68 Å². The Kier molecular flexibility index (Phi) is 5.58. The zero-order valence-corrected chi connectivity index (χ0v) is 14.6. The largest absolute Gasteiger partial charge is 0.373 e. The van der Waals surface area contributed by atoms with Crippen LogP contribution in [0, 0.1) is 0 Å². The molecule has 3 rings (SSSR count). The highest BCUT2D eigenvalue weighted by molar-refractivity contribution is 5.77. The zero-order valence-electron chi connectivity index (χ0n) is 14.6. The first-order chi connectivity index (χ1) is 12.6. The summed E-state index contributed by atoms with van der Waals surface area (Å²) in [6.07, 6.45) is 0.183. The molecule has 1 amide bonds. The van der Waals surface area contributed by atoms with Gasteiger partial charge in [-0.15, -0.1) is 5.10 Å². The van der Waals surface area contributed by atoms with Crippen molar-refractivity contribution in [2.45, 2.75) is 13.0 Å². The van der Waals surface area contributed by atoms with E-state index in [0.717, 1.165) is 5.69 Å². The van der Waals surface area contributed by atoms with Crippen LogP contribution in [0.5, 0.6) is 0 Å². The third kappa shape index (κ3) is 4.24. The van der Waals surface area contributed by atoms with E-state index in [1.165, 1.54) is 4.68 Å². The number of para-hydroxylation sites is 1. The number of hydrogen-bond acceptors (Lipinski definition) is 5. The Morgan fingerprint density at radius 3 is 2.65 bits per heavy atom. The van der Waals surface area contributed by atoms with E-state index in [4.69, 9.17) is 0 Å². The zero-order chi connectivity index (χ0) is 18.4. The number of fused-ring (bicyclic) bond motifs is 1. The number of carbonyl (C=O) groups is 1. The third-order valence-corrected chi connectivity index (χ3v) is 4.15. The normalized spacial score (nSPS) is 10.7. The molecule has 26 heavy (non-hydrogen) atoms. The van der Waals surface area contributed by atoms with E-state index in [9.17, 15) is 9.59 Å². The summed E-state index contributed by atoms with van der Waals surface area (Å²) in [6, 6.07) is 17.0. The Balaban J connectivity index is 1.49. The third-order valence-electron chi connectivity index (χ3n) is 4.15. The lowest BCUT2D eigenvalue weighted by molar-refractivity contribution is -0.121.